The molecule has 0 saturated carbocycles. The maximum absolute atomic E-state index is 7.02. The van der Waals surface area contributed by atoms with Gasteiger partial charge in [-0.3, -0.25) is 5.01 Å². The molecule has 0 aromatic rings. The summed E-state index contributed by atoms with van der Waals surface area (Å²) in [7, 11) is 0. The Bertz CT molecular complexity index is 124. The molecule has 0 atom stereocenters. The van der Waals surface area contributed by atoms with Crippen LogP contribution in [0.1, 0.15) is 41.5 Å². The number of hydrogen-bond acceptors (Lipinski definition) is 2. The Morgan fingerprint density at radius 1 is 0.909 bits per heavy atom. The van der Waals surface area contributed by atoms with E-state index in [2.05, 4.69) is 46.8 Å². The van der Waals surface area contributed by atoms with Crippen molar-refractivity contribution in [3.63, 3.8) is 0 Å². The van der Waals surface area contributed by atoms with Gasteiger partial charge >= 0.3 is 0 Å². The lowest BCUT2D eigenvalue weighted by Gasteiger charge is -2.41. The van der Waals surface area contributed by atoms with E-state index < -0.39 is 0 Å². The molecule has 0 aliphatic heterocycles. The smallest absolute Gasteiger partial charge is 0.0518 e. The SMILES string of the molecule is CC(C)(C)N(N=N)C(C)(C)C. The fraction of sp³-hybridized carbons (Fsp3) is 1.00. The summed E-state index contributed by atoms with van der Waals surface area (Å²) in [5.74, 6) is 0. The van der Waals surface area contributed by atoms with Gasteiger partial charge in [0.15, 0.2) is 0 Å². The minimum absolute atomic E-state index is 0.0694. The summed E-state index contributed by atoms with van der Waals surface area (Å²) in [5.41, 5.74) is 6.88. The lowest BCUT2D eigenvalue weighted by atomic mass is 9.99. The van der Waals surface area contributed by atoms with Crippen LogP contribution in [-0.2, 0) is 0 Å². The van der Waals surface area contributed by atoms with Gasteiger partial charge in [0.05, 0.1) is 11.1 Å². The first kappa shape index (κ1) is 10.4. The van der Waals surface area contributed by atoms with Crippen LogP contribution < -0.4 is 0 Å². The molecule has 0 unspecified atom stereocenters. The van der Waals surface area contributed by atoms with Crippen LogP contribution in [0.4, 0.5) is 0 Å². The van der Waals surface area contributed by atoms with Crippen LogP contribution in [0.15, 0.2) is 5.22 Å². The Hall–Kier alpha value is -0.600. The molecule has 0 saturated heterocycles. The summed E-state index contributed by atoms with van der Waals surface area (Å²) in [6.07, 6.45) is 0. The van der Waals surface area contributed by atoms with Crippen molar-refractivity contribution in [2.75, 3.05) is 0 Å². The molecule has 0 aromatic carbocycles. The van der Waals surface area contributed by atoms with E-state index >= 15 is 0 Å². The normalized spacial score (nSPS) is 12.9. The van der Waals surface area contributed by atoms with Crippen molar-refractivity contribution in [1.29, 1.82) is 5.53 Å². The van der Waals surface area contributed by atoms with Gasteiger partial charge in [-0.05, 0) is 41.5 Å². The van der Waals surface area contributed by atoms with Gasteiger partial charge in [-0.15, -0.1) is 0 Å². The highest BCUT2D eigenvalue weighted by Gasteiger charge is 2.30. The van der Waals surface area contributed by atoms with Crippen molar-refractivity contribution >= 4 is 0 Å². The first-order chi connectivity index (χ1) is 4.69. The zero-order valence-electron chi connectivity index (χ0n) is 8.39. The molecule has 3 nitrogen and oxygen atoms in total. The van der Waals surface area contributed by atoms with Crippen molar-refractivity contribution in [2.45, 2.75) is 52.6 Å². The second kappa shape index (κ2) is 2.80. The molecule has 0 aliphatic carbocycles. The van der Waals surface area contributed by atoms with E-state index in [1.807, 2.05) is 0 Å². The summed E-state index contributed by atoms with van der Waals surface area (Å²) in [5, 5.41) is 5.31. The van der Waals surface area contributed by atoms with Crippen LogP contribution >= 0.6 is 0 Å². The van der Waals surface area contributed by atoms with Crippen LogP contribution in [0.3, 0.4) is 0 Å². The van der Waals surface area contributed by atoms with Crippen molar-refractivity contribution < 1.29 is 0 Å². The minimum atomic E-state index is -0.0694. The van der Waals surface area contributed by atoms with E-state index in [0.29, 0.717) is 0 Å². The van der Waals surface area contributed by atoms with E-state index in [-0.39, 0.29) is 11.1 Å². The third-order valence-electron chi connectivity index (χ3n) is 1.37. The van der Waals surface area contributed by atoms with Gasteiger partial charge in [-0.2, -0.15) is 5.53 Å². The zero-order chi connectivity index (χ0) is 9.28. The summed E-state index contributed by atoms with van der Waals surface area (Å²) in [6.45, 7) is 12.3. The average Bonchev–Trinajstić information content (AvgIpc) is 1.56. The van der Waals surface area contributed by atoms with Crippen LogP contribution in [0.2, 0.25) is 0 Å². The van der Waals surface area contributed by atoms with Crippen molar-refractivity contribution in [3.8, 4) is 0 Å². The highest BCUT2D eigenvalue weighted by molar-refractivity contribution is 4.82. The predicted molar refractivity (Wildman–Crippen MR) is 46.5 cm³/mol. The lowest BCUT2D eigenvalue weighted by molar-refractivity contribution is 0.0281. The molecule has 11 heavy (non-hydrogen) atoms. The van der Waals surface area contributed by atoms with Crippen LogP contribution in [0.5, 0.6) is 0 Å². The lowest BCUT2D eigenvalue weighted by Crippen LogP contribution is -2.48. The Morgan fingerprint density at radius 2 is 1.18 bits per heavy atom. The molecule has 0 amide bonds. The molecule has 3 heteroatoms. The third-order valence-corrected chi connectivity index (χ3v) is 1.37. The van der Waals surface area contributed by atoms with Gasteiger partial charge in [0.25, 0.3) is 0 Å². The van der Waals surface area contributed by atoms with E-state index in [0.717, 1.165) is 0 Å². The monoisotopic (exact) mass is 157 g/mol. The Morgan fingerprint density at radius 3 is 1.18 bits per heavy atom. The summed E-state index contributed by atoms with van der Waals surface area (Å²) in [6, 6.07) is 0. The van der Waals surface area contributed by atoms with Gasteiger partial charge < -0.3 is 0 Å². The topological polar surface area (TPSA) is 39.5 Å². The molecular formula is C8H19N3. The van der Waals surface area contributed by atoms with Crippen molar-refractivity contribution in [2.24, 2.45) is 5.22 Å². The molecule has 1 N–H and O–H groups in total. The molecule has 0 heterocycles. The number of hydrogen-bond donors (Lipinski definition) is 1. The van der Waals surface area contributed by atoms with Gasteiger partial charge in [0.1, 0.15) is 0 Å². The quantitative estimate of drug-likeness (QED) is 0.461. The zero-order valence-corrected chi connectivity index (χ0v) is 8.39. The largest absolute Gasteiger partial charge is 0.269 e. The van der Waals surface area contributed by atoms with E-state index in [4.69, 9.17) is 5.53 Å². The number of nitrogens with one attached hydrogen (secondary N) is 1. The second-order valence-electron chi connectivity index (χ2n) is 4.75. The Labute approximate surface area is 69.3 Å². The first-order valence-corrected chi connectivity index (χ1v) is 3.87. The van der Waals surface area contributed by atoms with E-state index in [1.54, 1.807) is 5.01 Å². The number of rotatable bonds is 1. The molecule has 0 radical (unpaired) electrons. The fourth-order valence-corrected chi connectivity index (χ4v) is 1.31. The van der Waals surface area contributed by atoms with Crippen molar-refractivity contribution in [3.05, 3.63) is 0 Å². The third kappa shape index (κ3) is 2.87. The summed E-state index contributed by atoms with van der Waals surface area (Å²) >= 11 is 0. The van der Waals surface area contributed by atoms with Gasteiger partial charge in [-0.1, -0.05) is 5.22 Å². The molecule has 0 fully saturated rings. The second-order valence-corrected chi connectivity index (χ2v) is 4.75. The van der Waals surface area contributed by atoms with Crippen molar-refractivity contribution in [1.82, 2.24) is 5.01 Å². The molecule has 0 aliphatic rings. The maximum Gasteiger partial charge on any atom is 0.0518 e. The maximum atomic E-state index is 7.02. The fourth-order valence-electron chi connectivity index (χ4n) is 1.31. The Kier molecular flexibility index (Phi) is 2.64. The van der Waals surface area contributed by atoms with Gasteiger partial charge in [-0.25, -0.2) is 0 Å². The van der Waals surface area contributed by atoms with Gasteiger partial charge in [0, 0.05) is 0 Å². The first-order valence-electron chi connectivity index (χ1n) is 3.87. The number of nitrogens with zero attached hydrogens (tertiary/aromatic N) is 2. The van der Waals surface area contributed by atoms with Crippen LogP contribution in [0, 0.1) is 5.53 Å². The average molecular weight is 157 g/mol. The molecule has 0 rings (SSSR count). The van der Waals surface area contributed by atoms with E-state index in [9.17, 15) is 0 Å². The van der Waals surface area contributed by atoms with E-state index in [1.165, 1.54) is 0 Å². The standard InChI is InChI=1S/C8H19N3/c1-7(2,3)11(10-9)8(4,5)6/h9H,1-6H3. The highest BCUT2D eigenvalue weighted by Crippen LogP contribution is 2.24. The molecule has 0 aromatic heterocycles. The molecule has 0 spiro atoms. The summed E-state index contributed by atoms with van der Waals surface area (Å²) < 4.78 is 0. The van der Waals surface area contributed by atoms with Crippen LogP contribution in [0.25, 0.3) is 0 Å². The molecule has 66 valence electrons. The molecule has 0 bridgehead atoms. The molecular weight excluding hydrogens is 138 g/mol. The predicted octanol–water partition coefficient (Wildman–Crippen LogP) is 2.83. The van der Waals surface area contributed by atoms with Gasteiger partial charge in [0.2, 0.25) is 0 Å². The van der Waals surface area contributed by atoms with Crippen LogP contribution in [-0.4, -0.2) is 16.1 Å². The summed E-state index contributed by atoms with van der Waals surface area (Å²) in [4.78, 5) is 0. The Balaban J connectivity index is 4.56. The highest BCUT2D eigenvalue weighted by atomic mass is 15.6. The minimum Gasteiger partial charge on any atom is -0.269 e.